The number of hydrogen-bond acceptors (Lipinski definition) is 2. The molecular formula is C16H15NO3. The second-order valence-electron chi connectivity index (χ2n) is 4.56. The zero-order valence-corrected chi connectivity index (χ0v) is 11.3. The van der Waals surface area contributed by atoms with Gasteiger partial charge in [0.2, 0.25) is 0 Å². The minimum absolute atomic E-state index is 0.578. The van der Waals surface area contributed by atoms with E-state index in [0.717, 1.165) is 21.6 Å². The predicted molar refractivity (Wildman–Crippen MR) is 77.7 cm³/mol. The molecule has 102 valence electrons. The summed E-state index contributed by atoms with van der Waals surface area (Å²) in [6.07, 6.45) is 0. The minimum Gasteiger partial charge on any atom is -0.474 e. The fourth-order valence-corrected chi connectivity index (χ4v) is 2.04. The molecule has 0 unspecified atom stereocenters. The fourth-order valence-electron chi connectivity index (χ4n) is 2.04. The molecule has 0 saturated heterocycles. The Morgan fingerprint density at radius 1 is 1.05 bits per heavy atom. The first-order valence-electron chi connectivity index (χ1n) is 6.17. The number of hydrogen-bond donors (Lipinski definition) is 1. The number of aryl methyl sites for hydroxylation is 1. The number of carboxylic acids is 1. The lowest BCUT2D eigenvalue weighted by Crippen LogP contribution is -2.33. The molecule has 0 fully saturated rings. The van der Waals surface area contributed by atoms with E-state index in [1.165, 1.54) is 7.05 Å². The molecule has 0 heterocycles. The molecule has 0 atom stereocenters. The average Bonchev–Trinajstić information content (AvgIpc) is 2.46. The molecule has 0 radical (unpaired) electrons. The van der Waals surface area contributed by atoms with E-state index >= 15 is 0 Å². The molecule has 0 aliphatic carbocycles. The van der Waals surface area contributed by atoms with Gasteiger partial charge in [-0.25, -0.2) is 4.79 Å². The number of likely N-dealkylation sites (N-methyl/N-ethyl adjacent to an activating group) is 1. The number of carboxylic acid groups (broad SMARTS) is 1. The first-order chi connectivity index (χ1) is 9.50. The van der Waals surface area contributed by atoms with Crippen molar-refractivity contribution in [3.63, 3.8) is 0 Å². The van der Waals surface area contributed by atoms with E-state index in [9.17, 15) is 9.59 Å². The number of aliphatic carboxylic acids is 1. The van der Waals surface area contributed by atoms with Crippen LogP contribution in [0.25, 0.3) is 11.1 Å². The highest BCUT2D eigenvalue weighted by Crippen LogP contribution is 2.31. The second-order valence-corrected chi connectivity index (χ2v) is 4.56. The van der Waals surface area contributed by atoms with E-state index in [1.807, 2.05) is 49.4 Å². The van der Waals surface area contributed by atoms with E-state index in [1.54, 1.807) is 6.07 Å². The number of anilines is 1. The molecule has 2 aromatic carbocycles. The number of amides is 1. The molecule has 1 amide bonds. The standard InChI is InChI=1S/C16H15NO3/c1-11-8-9-14(17(2)15(18)16(19)20)13(10-11)12-6-4-3-5-7-12/h3-10H,1-2H3,(H,19,20). The molecular weight excluding hydrogens is 254 g/mol. The van der Waals surface area contributed by atoms with Crippen LogP contribution in [0.1, 0.15) is 5.56 Å². The lowest BCUT2D eigenvalue weighted by atomic mass is 10.0. The van der Waals surface area contributed by atoms with Crippen LogP contribution in [-0.4, -0.2) is 24.0 Å². The normalized spacial score (nSPS) is 10.1. The highest BCUT2D eigenvalue weighted by atomic mass is 16.4. The zero-order chi connectivity index (χ0) is 14.7. The van der Waals surface area contributed by atoms with Crippen LogP contribution in [0.3, 0.4) is 0 Å². The van der Waals surface area contributed by atoms with Gasteiger partial charge in [-0.2, -0.15) is 0 Å². The molecule has 2 aromatic rings. The average molecular weight is 269 g/mol. The van der Waals surface area contributed by atoms with Gasteiger partial charge in [-0.1, -0.05) is 42.0 Å². The summed E-state index contributed by atoms with van der Waals surface area (Å²) in [5, 5.41) is 8.84. The molecule has 2 rings (SSSR count). The summed E-state index contributed by atoms with van der Waals surface area (Å²) in [5.41, 5.74) is 3.40. The first-order valence-corrected chi connectivity index (χ1v) is 6.17. The SMILES string of the molecule is Cc1ccc(N(C)C(=O)C(=O)O)c(-c2ccccc2)c1. The van der Waals surface area contributed by atoms with Crippen LogP contribution in [0.4, 0.5) is 5.69 Å². The van der Waals surface area contributed by atoms with Crippen molar-refractivity contribution in [1.82, 2.24) is 0 Å². The Morgan fingerprint density at radius 3 is 2.30 bits per heavy atom. The van der Waals surface area contributed by atoms with E-state index in [2.05, 4.69) is 0 Å². The van der Waals surface area contributed by atoms with Gasteiger partial charge in [0, 0.05) is 12.6 Å². The van der Waals surface area contributed by atoms with Crippen molar-refractivity contribution in [3.8, 4) is 11.1 Å². The third-order valence-electron chi connectivity index (χ3n) is 3.09. The van der Waals surface area contributed by atoms with Crippen molar-refractivity contribution in [2.75, 3.05) is 11.9 Å². The van der Waals surface area contributed by atoms with Crippen LogP contribution >= 0.6 is 0 Å². The van der Waals surface area contributed by atoms with Crippen molar-refractivity contribution in [2.45, 2.75) is 6.92 Å². The van der Waals surface area contributed by atoms with Gasteiger partial charge in [-0.3, -0.25) is 4.79 Å². The van der Waals surface area contributed by atoms with Gasteiger partial charge in [0.1, 0.15) is 0 Å². The maximum absolute atomic E-state index is 11.6. The largest absolute Gasteiger partial charge is 0.474 e. The van der Waals surface area contributed by atoms with Crippen LogP contribution in [0.5, 0.6) is 0 Å². The third-order valence-corrected chi connectivity index (χ3v) is 3.09. The van der Waals surface area contributed by atoms with Crippen molar-refractivity contribution in [3.05, 3.63) is 54.1 Å². The fraction of sp³-hybridized carbons (Fsp3) is 0.125. The summed E-state index contributed by atoms with van der Waals surface area (Å²) >= 11 is 0. The van der Waals surface area contributed by atoms with Gasteiger partial charge in [-0.15, -0.1) is 0 Å². The molecule has 4 heteroatoms. The Morgan fingerprint density at radius 2 is 1.70 bits per heavy atom. The molecule has 20 heavy (non-hydrogen) atoms. The lowest BCUT2D eigenvalue weighted by molar-refractivity contribution is -0.148. The molecule has 0 saturated carbocycles. The van der Waals surface area contributed by atoms with E-state index in [0.29, 0.717) is 5.69 Å². The first kappa shape index (κ1) is 13.8. The topological polar surface area (TPSA) is 57.6 Å². The number of rotatable bonds is 2. The highest BCUT2D eigenvalue weighted by Gasteiger charge is 2.21. The number of carbonyl (C=O) groups is 2. The van der Waals surface area contributed by atoms with Gasteiger partial charge >= 0.3 is 11.9 Å². The summed E-state index contributed by atoms with van der Waals surface area (Å²) in [4.78, 5) is 23.6. The molecule has 0 spiro atoms. The van der Waals surface area contributed by atoms with Crippen molar-refractivity contribution in [2.24, 2.45) is 0 Å². The third kappa shape index (κ3) is 2.69. The zero-order valence-electron chi connectivity index (χ0n) is 11.3. The van der Waals surface area contributed by atoms with Crippen molar-refractivity contribution in [1.29, 1.82) is 0 Å². The van der Waals surface area contributed by atoms with Crippen LogP contribution in [0.15, 0.2) is 48.5 Å². The van der Waals surface area contributed by atoms with Crippen LogP contribution in [0, 0.1) is 6.92 Å². The molecule has 0 aliphatic heterocycles. The van der Waals surface area contributed by atoms with Gasteiger partial charge in [0.15, 0.2) is 0 Å². The maximum Gasteiger partial charge on any atom is 0.394 e. The van der Waals surface area contributed by atoms with Crippen molar-refractivity contribution < 1.29 is 14.7 Å². The highest BCUT2D eigenvalue weighted by molar-refractivity contribution is 6.37. The van der Waals surface area contributed by atoms with Gasteiger partial charge in [0.05, 0.1) is 5.69 Å². The Kier molecular flexibility index (Phi) is 3.84. The Bertz CT molecular complexity index is 650. The lowest BCUT2D eigenvalue weighted by Gasteiger charge is -2.19. The molecule has 4 nitrogen and oxygen atoms in total. The van der Waals surface area contributed by atoms with Gasteiger partial charge < -0.3 is 10.0 Å². The summed E-state index contributed by atoms with van der Waals surface area (Å²) < 4.78 is 0. The summed E-state index contributed by atoms with van der Waals surface area (Å²) in [7, 11) is 1.47. The minimum atomic E-state index is -1.47. The summed E-state index contributed by atoms with van der Waals surface area (Å²) in [5.74, 6) is -2.42. The molecule has 0 aromatic heterocycles. The van der Waals surface area contributed by atoms with Crippen LogP contribution in [-0.2, 0) is 9.59 Å². The van der Waals surface area contributed by atoms with Gasteiger partial charge in [0.25, 0.3) is 0 Å². The molecule has 1 N–H and O–H groups in total. The molecule has 0 aliphatic rings. The van der Waals surface area contributed by atoms with Gasteiger partial charge in [-0.05, 0) is 24.6 Å². The smallest absolute Gasteiger partial charge is 0.394 e. The Hall–Kier alpha value is -2.62. The van der Waals surface area contributed by atoms with E-state index in [4.69, 9.17) is 5.11 Å². The van der Waals surface area contributed by atoms with Crippen molar-refractivity contribution >= 4 is 17.6 Å². The molecule has 0 bridgehead atoms. The summed E-state index contributed by atoms with van der Waals surface area (Å²) in [6.45, 7) is 1.95. The summed E-state index contributed by atoms with van der Waals surface area (Å²) in [6, 6.07) is 15.1. The maximum atomic E-state index is 11.6. The Balaban J connectivity index is 2.54. The van der Waals surface area contributed by atoms with Crippen LogP contribution in [0.2, 0.25) is 0 Å². The van der Waals surface area contributed by atoms with E-state index in [-0.39, 0.29) is 0 Å². The monoisotopic (exact) mass is 269 g/mol. The Labute approximate surface area is 117 Å². The number of nitrogens with zero attached hydrogens (tertiary/aromatic N) is 1. The number of carbonyl (C=O) groups excluding carboxylic acids is 1. The number of benzene rings is 2. The van der Waals surface area contributed by atoms with Crippen LogP contribution < -0.4 is 4.90 Å². The second kappa shape index (κ2) is 5.57. The van der Waals surface area contributed by atoms with E-state index < -0.39 is 11.9 Å². The quantitative estimate of drug-likeness (QED) is 0.853. The predicted octanol–water partition coefficient (Wildman–Crippen LogP) is 2.71.